The van der Waals surface area contributed by atoms with E-state index in [0.717, 1.165) is 25.1 Å². The zero-order valence-corrected chi connectivity index (χ0v) is 11.6. The third-order valence-electron chi connectivity index (χ3n) is 4.27. The van der Waals surface area contributed by atoms with Crippen molar-refractivity contribution < 1.29 is 0 Å². The van der Waals surface area contributed by atoms with Crippen LogP contribution in [0.5, 0.6) is 0 Å². The lowest BCUT2D eigenvalue weighted by molar-refractivity contribution is 0.472. The highest BCUT2D eigenvalue weighted by atomic mass is 15.1. The van der Waals surface area contributed by atoms with Gasteiger partial charge in [-0.2, -0.15) is 0 Å². The van der Waals surface area contributed by atoms with Crippen molar-refractivity contribution in [1.82, 2.24) is 14.5 Å². The van der Waals surface area contributed by atoms with Crippen molar-refractivity contribution in [3.05, 3.63) is 42.0 Å². The number of nitrogens with two attached hydrogens (primary N) is 1. The average Bonchev–Trinajstić information content (AvgIpc) is 2.98. The summed E-state index contributed by atoms with van der Waals surface area (Å²) in [6.45, 7) is 3.09. The predicted octanol–water partition coefficient (Wildman–Crippen LogP) is 2.61. The zero-order valence-electron chi connectivity index (χ0n) is 11.6. The molecule has 102 valence electrons. The zero-order chi connectivity index (χ0) is 13.7. The van der Waals surface area contributed by atoms with Crippen molar-refractivity contribution in [2.75, 3.05) is 0 Å². The maximum absolute atomic E-state index is 6.13. The van der Waals surface area contributed by atoms with Crippen LogP contribution in [0, 0.1) is 6.92 Å². The first-order valence-corrected chi connectivity index (χ1v) is 7.11. The maximum atomic E-state index is 6.13. The van der Waals surface area contributed by atoms with Gasteiger partial charge < -0.3 is 15.3 Å². The molecule has 4 rings (SSSR count). The topological polar surface area (TPSA) is 59.6 Å². The Morgan fingerprint density at radius 1 is 1.35 bits per heavy atom. The first kappa shape index (κ1) is 11.7. The van der Waals surface area contributed by atoms with Gasteiger partial charge >= 0.3 is 0 Å². The normalized spacial score (nSPS) is 18.4. The lowest BCUT2D eigenvalue weighted by atomic mass is 9.99. The van der Waals surface area contributed by atoms with Gasteiger partial charge in [-0.05, 0) is 19.4 Å². The highest BCUT2D eigenvalue weighted by Crippen LogP contribution is 2.34. The second-order valence-electron chi connectivity index (χ2n) is 5.66. The molecule has 4 heteroatoms. The fourth-order valence-electron chi connectivity index (χ4n) is 3.26. The average molecular weight is 266 g/mol. The molecular weight excluding hydrogens is 248 g/mol. The van der Waals surface area contributed by atoms with Gasteiger partial charge in [0.2, 0.25) is 0 Å². The monoisotopic (exact) mass is 266 g/mol. The Bertz CT molecular complexity index is 781. The van der Waals surface area contributed by atoms with E-state index in [9.17, 15) is 0 Å². The number of nitrogens with zero attached hydrogens (tertiary/aromatic N) is 2. The van der Waals surface area contributed by atoms with Crippen LogP contribution >= 0.6 is 0 Å². The second kappa shape index (κ2) is 4.21. The van der Waals surface area contributed by atoms with Crippen molar-refractivity contribution in [3.8, 4) is 11.3 Å². The van der Waals surface area contributed by atoms with Crippen LogP contribution in [0.1, 0.15) is 17.8 Å². The maximum Gasteiger partial charge on any atom is 0.0956 e. The lowest BCUT2D eigenvalue weighted by Crippen LogP contribution is -2.30. The van der Waals surface area contributed by atoms with E-state index in [0.29, 0.717) is 0 Å². The number of hydrogen-bond donors (Lipinski definition) is 2. The quantitative estimate of drug-likeness (QED) is 0.711. The first-order valence-electron chi connectivity index (χ1n) is 7.11. The van der Waals surface area contributed by atoms with Crippen LogP contribution in [0.15, 0.2) is 30.6 Å². The molecule has 3 N–H and O–H groups in total. The Hall–Kier alpha value is -2.07. The fourth-order valence-corrected chi connectivity index (χ4v) is 3.26. The number of benzene rings is 1. The molecule has 3 aromatic rings. The number of nitrogens with one attached hydrogen (secondary N) is 1. The van der Waals surface area contributed by atoms with E-state index in [1.165, 1.54) is 27.9 Å². The van der Waals surface area contributed by atoms with E-state index < -0.39 is 0 Å². The number of aromatic amines is 1. The lowest BCUT2D eigenvalue weighted by Gasteiger charge is -2.21. The molecule has 0 aliphatic carbocycles. The summed E-state index contributed by atoms with van der Waals surface area (Å²) in [5, 5.41) is 1.24. The van der Waals surface area contributed by atoms with Crippen LogP contribution in [-0.4, -0.2) is 20.6 Å². The number of fused-ring (bicyclic) bond motifs is 2. The van der Waals surface area contributed by atoms with E-state index in [4.69, 9.17) is 5.73 Å². The third kappa shape index (κ3) is 1.61. The number of imidazole rings is 1. The van der Waals surface area contributed by atoms with Crippen LogP contribution in [0.3, 0.4) is 0 Å². The molecule has 0 spiro atoms. The van der Waals surface area contributed by atoms with Gasteiger partial charge in [0.15, 0.2) is 0 Å². The van der Waals surface area contributed by atoms with E-state index in [-0.39, 0.29) is 6.04 Å². The molecule has 0 fully saturated rings. The molecule has 0 bridgehead atoms. The van der Waals surface area contributed by atoms with Gasteiger partial charge in [-0.25, -0.2) is 4.98 Å². The van der Waals surface area contributed by atoms with Crippen molar-refractivity contribution in [2.45, 2.75) is 32.4 Å². The van der Waals surface area contributed by atoms with Crippen LogP contribution in [0.25, 0.3) is 22.2 Å². The molecule has 0 saturated carbocycles. The van der Waals surface area contributed by atoms with Gasteiger partial charge in [-0.1, -0.05) is 18.2 Å². The number of aryl methyl sites for hydroxylation is 2. The molecule has 1 unspecified atom stereocenters. The molecule has 0 saturated heterocycles. The molecule has 20 heavy (non-hydrogen) atoms. The number of aromatic nitrogens is 3. The smallest absolute Gasteiger partial charge is 0.0956 e. The molecular formula is C16H18N4. The van der Waals surface area contributed by atoms with E-state index in [1.54, 1.807) is 0 Å². The number of hydrogen-bond acceptors (Lipinski definition) is 2. The molecule has 1 aliphatic rings. The predicted molar refractivity (Wildman–Crippen MR) is 80.6 cm³/mol. The summed E-state index contributed by atoms with van der Waals surface area (Å²) >= 11 is 0. The molecule has 2 aromatic heterocycles. The summed E-state index contributed by atoms with van der Waals surface area (Å²) in [5.74, 6) is 0. The molecule has 4 nitrogen and oxygen atoms in total. The van der Waals surface area contributed by atoms with Crippen molar-refractivity contribution in [1.29, 1.82) is 0 Å². The van der Waals surface area contributed by atoms with Gasteiger partial charge in [-0.15, -0.1) is 0 Å². The number of rotatable bonds is 1. The Kier molecular flexibility index (Phi) is 2.47. The fraction of sp³-hybridized carbons (Fsp3) is 0.312. The summed E-state index contributed by atoms with van der Waals surface area (Å²) in [6.07, 6.45) is 3.90. The highest BCUT2D eigenvalue weighted by Gasteiger charge is 2.23. The van der Waals surface area contributed by atoms with Crippen LogP contribution in [0.2, 0.25) is 0 Å². The molecule has 1 aromatic carbocycles. The Morgan fingerprint density at radius 3 is 3.10 bits per heavy atom. The largest absolute Gasteiger partial charge is 0.358 e. The third-order valence-corrected chi connectivity index (χ3v) is 4.27. The highest BCUT2D eigenvalue weighted by molar-refractivity contribution is 5.97. The van der Waals surface area contributed by atoms with E-state index >= 15 is 0 Å². The molecule has 1 aliphatic heterocycles. The minimum Gasteiger partial charge on any atom is -0.358 e. The second-order valence-corrected chi connectivity index (χ2v) is 5.66. The number of para-hydroxylation sites is 1. The van der Waals surface area contributed by atoms with Crippen molar-refractivity contribution >= 4 is 10.9 Å². The van der Waals surface area contributed by atoms with Gasteiger partial charge in [0, 0.05) is 46.9 Å². The number of H-pyrrole nitrogens is 1. The van der Waals surface area contributed by atoms with Gasteiger partial charge in [-0.3, -0.25) is 0 Å². The van der Waals surface area contributed by atoms with E-state index in [2.05, 4.69) is 45.7 Å². The Balaban J connectivity index is 1.96. The Morgan fingerprint density at radius 2 is 2.20 bits per heavy atom. The molecule has 3 heterocycles. The Labute approximate surface area is 117 Å². The minimum absolute atomic E-state index is 0.253. The molecule has 0 amide bonds. The van der Waals surface area contributed by atoms with Crippen molar-refractivity contribution in [3.63, 3.8) is 0 Å². The summed E-state index contributed by atoms with van der Waals surface area (Å²) in [7, 11) is 0. The molecule has 0 radical (unpaired) electrons. The first-order chi connectivity index (χ1) is 9.74. The van der Waals surface area contributed by atoms with Gasteiger partial charge in [0.05, 0.1) is 12.0 Å². The van der Waals surface area contributed by atoms with Gasteiger partial charge in [0.25, 0.3) is 0 Å². The van der Waals surface area contributed by atoms with Gasteiger partial charge in [0.1, 0.15) is 0 Å². The van der Waals surface area contributed by atoms with Crippen LogP contribution in [0.4, 0.5) is 0 Å². The molecule has 1 atom stereocenters. The standard InChI is InChI=1S/C16H18N4/c1-10-15(12-4-2-3-5-13(12)19-10)16-14-8-11(17)6-7-20(14)9-18-16/h2-5,9,11,19H,6-8,17H2,1H3. The SMILES string of the molecule is Cc1[nH]c2ccccc2c1-c1ncn2c1CC(N)CC2. The van der Waals surface area contributed by atoms with Crippen LogP contribution < -0.4 is 5.73 Å². The summed E-state index contributed by atoms with van der Waals surface area (Å²) in [6, 6.07) is 8.65. The summed E-state index contributed by atoms with van der Waals surface area (Å²) < 4.78 is 2.25. The van der Waals surface area contributed by atoms with Crippen molar-refractivity contribution in [2.24, 2.45) is 5.73 Å². The van der Waals surface area contributed by atoms with Crippen LogP contribution in [-0.2, 0) is 13.0 Å². The summed E-state index contributed by atoms with van der Waals surface area (Å²) in [4.78, 5) is 8.13. The van der Waals surface area contributed by atoms with E-state index in [1.807, 2.05) is 6.33 Å². The minimum atomic E-state index is 0.253. The summed E-state index contributed by atoms with van der Waals surface area (Å²) in [5.41, 5.74) is 12.1.